The van der Waals surface area contributed by atoms with E-state index in [1.54, 1.807) is 13.8 Å². The average molecular weight is 466 g/mol. The maximum atomic E-state index is 11.9. The van der Waals surface area contributed by atoms with E-state index in [-0.39, 0.29) is 36.7 Å². The zero-order chi connectivity index (χ0) is 22.5. The molecule has 16 heteroatoms. The molecular weight excluding hydrogens is 438 g/mol. The van der Waals surface area contributed by atoms with Crippen molar-refractivity contribution < 1.29 is 52.0 Å². The van der Waals surface area contributed by atoms with Crippen LogP contribution in [-0.2, 0) is 34.3 Å². The largest absolute Gasteiger partial charge is 0.481 e. The molecule has 9 N–H and O–H groups in total. The van der Waals surface area contributed by atoms with Crippen LogP contribution >= 0.6 is 12.6 Å². The molecule has 0 aliphatic rings. The summed E-state index contributed by atoms with van der Waals surface area (Å²) >= 11 is 3.96. The van der Waals surface area contributed by atoms with Crippen molar-refractivity contribution in [1.29, 1.82) is 0 Å². The van der Waals surface area contributed by atoms with Crippen LogP contribution in [0.15, 0.2) is 0 Å². The minimum absolute atomic E-state index is 0. The van der Waals surface area contributed by atoms with Gasteiger partial charge >= 0.3 is 22.3 Å². The number of amides is 2. The van der Waals surface area contributed by atoms with E-state index in [0.717, 1.165) is 0 Å². The minimum atomic E-state index is -4.67. The zero-order valence-corrected chi connectivity index (χ0v) is 17.4. The molecule has 0 fully saturated rings. The van der Waals surface area contributed by atoms with Crippen molar-refractivity contribution in [3.05, 3.63) is 0 Å². The summed E-state index contributed by atoms with van der Waals surface area (Å²) in [6, 6.07) is -2.04. The number of thiol groups is 1. The second-order valence-electron chi connectivity index (χ2n) is 5.49. The Bertz CT molecular complexity index is 632. The minimum Gasteiger partial charge on any atom is -0.481 e. The standard InChI is InChI=1S/C13H23N3O6S.H2O4S.H2O/c1-7(2)22-11(19)5-15-13(21)9(6-23)16-12(20)8(14)3-4-10(17)18;1-5(2,3)4;/h7-9,23H,3-6,14H2,1-2H3,(H,15,21)(H,16,20)(H,17,18);(H2,1,2,3,4);1H2. The highest BCUT2D eigenvalue weighted by atomic mass is 32.3. The van der Waals surface area contributed by atoms with Crippen LogP contribution in [0.2, 0.25) is 0 Å². The quantitative estimate of drug-likeness (QED) is 0.0983. The summed E-state index contributed by atoms with van der Waals surface area (Å²) in [7, 11) is -4.67. The summed E-state index contributed by atoms with van der Waals surface area (Å²) in [5.74, 6) is -2.96. The fraction of sp³-hybridized carbons (Fsp3) is 0.692. The average Bonchev–Trinajstić information content (AvgIpc) is 2.52. The Morgan fingerprint density at radius 2 is 1.62 bits per heavy atom. The lowest BCUT2D eigenvalue weighted by Crippen LogP contribution is -2.53. The van der Waals surface area contributed by atoms with Gasteiger partial charge in [0.2, 0.25) is 11.8 Å². The maximum Gasteiger partial charge on any atom is 0.394 e. The highest BCUT2D eigenvalue weighted by Crippen LogP contribution is 1.97. The lowest BCUT2D eigenvalue weighted by Gasteiger charge is -2.19. The summed E-state index contributed by atoms with van der Waals surface area (Å²) in [5.41, 5.74) is 5.54. The Morgan fingerprint density at radius 3 is 2.00 bits per heavy atom. The maximum absolute atomic E-state index is 11.9. The Morgan fingerprint density at radius 1 is 1.14 bits per heavy atom. The van der Waals surface area contributed by atoms with Gasteiger partial charge in [0.05, 0.1) is 12.1 Å². The number of hydrogen-bond donors (Lipinski definition) is 7. The van der Waals surface area contributed by atoms with Crippen LogP contribution in [-0.4, -0.2) is 82.3 Å². The molecule has 0 aromatic carbocycles. The molecule has 0 radical (unpaired) electrons. The number of nitrogens with two attached hydrogens (primary N) is 1. The Kier molecular flexibility index (Phi) is 17.4. The summed E-state index contributed by atoms with van der Waals surface area (Å²) in [5, 5.41) is 13.2. The van der Waals surface area contributed by atoms with Gasteiger partial charge < -0.3 is 31.7 Å². The normalized spacial score (nSPS) is 12.4. The molecule has 2 unspecified atom stereocenters. The number of hydrogen-bond acceptors (Lipinski definition) is 9. The van der Waals surface area contributed by atoms with Crippen LogP contribution in [0.5, 0.6) is 0 Å². The lowest BCUT2D eigenvalue weighted by molar-refractivity contribution is -0.147. The number of carboxylic acid groups (broad SMARTS) is 1. The molecule has 0 aliphatic carbocycles. The van der Waals surface area contributed by atoms with E-state index in [0.29, 0.717) is 0 Å². The van der Waals surface area contributed by atoms with Crippen molar-refractivity contribution in [2.75, 3.05) is 12.3 Å². The number of carbonyl (C=O) groups is 4. The van der Waals surface area contributed by atoms with Crippen molar-refractivity contribution >= 4 is 46.8 Å². The van der Waals surface area contributed by atoms with Gasteiger partial charge in [-0.3, -0.25) is 28.3 Å². The van der Waals surface area contributed by atoms with Crippen molar-refractivity contribution in [2.45, 2.75) is 44.9 Å². The first kappa shape index (κ1) is 31.7. The molecule has 29 heavy (non-hydrogen) atoms. The summed E-state index contributed by atoms with van der Waals surface area (Å²) in [6.07, 6.45) is -0.608. The van der Waals surface area contributed by atoms with Gasteiger partial charge in [-0.15, -0.1) is 0 Å². The van der Waals surface area contributed by atoms with Gasteiger partial charge in [-0.1, -0.05) is 0 Å². The molecule has 0 saturated heterocycles. The number of carbonyl (C=O) groups excluding carboxylic acids is 3. The molecule has 0 saturated carbocycles. The zero-order valence-electron chi connectivity index (χ0n) is 15.7. The third-order valence-corrected chi connectivity index (χ3v) is 2.96. The van der Waals surface area contributed by atoms with Gasteiger partial charge in [0.15, 0.2) is 0 Å². The second-order valence-corrected chi connectivity index (χ2v) is 6.75. The molecule has 2 atom stereocenters. The first-order valence-corrected chi connectivity index (χ1v) is 9.76. The van der Waals surface area contributed by atoms with Gasteiger partial charge in [0.25, 0.3) is 0 Å². The van der Waals surface area contributed by atoms with Crippen LogP contribution in [0.3, 0.4) is 0 Å². The van der Waals surface area contributed by atoms with E-state index >= 15 is 0 Å². The second kappa shape index (κ2) is 15.9. The predicted octanol–water partition coefficient (Wildman–Crippen LogP) is -2.82. The van der Waals surface area contributed by atoms with E-state index in [2.05, 4.69) is 23.3 Å². The molecule has 0 rings (SSSR count). The Labute approximate surface area is 172 Å². The fourth-order valence-electron chi connectivity index (χ4n) is 1.47. The van der Waals surface area contributed by atoms with E-state index in [1.165, 1.54) is 0 Å². The first-order valence-electron chi connectivity index (χ1n) is 7.73. The molecule has 0 aromatic heterocycles. The van der Waals surface area contributed by atoms with Gasteiger partial charge in [-0.05, 0) is 20.3 Å². The van der Waals surface area contributed by atoms with Crippen LogP contribution in [0, 0.1) is 0 Å². The number of carboxylic acids is 1. The number of esters is 1. The highest BCUT2D eigenvalue weighted by Gasteiger charge is 2.23. The fourth-order valence-corrected chi connectivity index (χ4v) is 1.73. The first-order chi connectivity index (χ1) is 12.7. The molecule has 2 amide bonds. The summed E-state index contributed by atoms with van der Waals surface area (Å²) in [6.45, 7) is 3.02. The molecule has 0 aliphatic heterocycles. The predicted molar refractivity (Wildman–Crippen MR) is 103 cm³/mol. The van der Waals surface area contributed by atoms with Crippen LogP contribution in [0.4, 0.5) is 0 Å². The van der Waals surface area contributed by atoms with Crippen LogP contribution in [0.1, 0.15) is 26.7 Å². The molecule has 0 aromatic rings. The monoisotopic (exact) mass is 465 g/mol. The lowest BCUT2D eigenvalue weighted by atomic mass is 10.1. The number of aliphatic carboxylic acids is 1. The summed E-state index contributed by atoms with van der Waals surface area (Å²) < 4.78 is 36.4. The highest BCUT2D eigenvalue weighted by molar-refractivity contribution is 7.80. The van der Waals surface area contributed by atoms with E-state index in [9.17, 15) is 19.2 Å². The Hall–Kier alpha value is -1.98. The van der Waals surface area contributed by atoms with Crippen molar-refractivity contribution in [3.8, 4) is 0 Å². The van der Waals surface area contributed by atoms with E-state index in [1.807, 2.05) is 0 Å². The molecule has 172 valence electrons. The number of ether oxygens (including phenoxy) is 1. The van der Waals surface area contributed by atoms with Crippen LogP contribution < -0.4 is 16.4 Å². The third-order valence-electron chi connectivity index (χ3n) is 2.60. The van der Waals surface area contributed by atoms with Crippen molar-refractivity contribution in [1.82, 2.24) is 10.6 Å². The van der Waals surface area contributed by atoms with Gasteiger partial charge in [0.1, 0.15) is 12.6 Å². The number of rotatable bonds is 10. The van der Waals surface area contributed by atoms with Crippen LogP contribution in [0.25, 0.3) is 0 Å². The van der Waals surface area contributed by atoms with Gasteiger partial charge in [0, 0.05) is 12.2 Å². The Balaban J connectivity index is -0.000000997. The number of nitrogens with one attached hydrogen (secondary N) is 2. The van der Waals surface area contributed by atoms with Gasteiger partial charge in [-0.25, -0.2) is 0 Å². The molecule has 0 spiro atoms. The molecular formula is C13H27N3O11S2. The van der Waals surface area contributed by atoms with Crippen molar-refractivity contribution in [2.24, 2.45) is 5.73 Å². The van der Waals surface area contributed by atoms with E-state index < -0.39 is 46.2 Å². The molecule has 14 nitrogen and oxygen atoms in total. The topological polar surface area (TPSA) is 254 Å². The van der Waals surface area contributed by atoms with Crippen molar-refractivity contribution in [3.63, 3.8) is 0 Å². The third kappa shape index (κ3) is 22.2. The smallest absolute Gasteiger partial charge is 0.394 e. The molecule has 0 bridgehead atoms. The van der Waals surface area contributed by atoms with E-state index in [4.69, 9.17) is 33.1 Å². The molecule has 0 heterocycles. The SMILES string of the molecule is CC(C)OC(=O)CNC(=O)C(CS)NC(=O)C(N)CCC(=O)O.O.O=S(=O)(O)O. The summed E-state index contributed by atoms with van der Waals surface area (Å²) in [4.78, 5) is 45.4. The van der Waals surface area contributed by atoms with Gasteiger partial charge in [-0.2, -0.15) is 21.0 Å².